The van der Waals surface area contributed by atoms with Crippen LogP contribution >= 0.6 is 24.0 Å². The van der Waals surface area contributed by atoms with E-state index in [2.05, 4.69) is 0 Å². The Labute approximate surface area is 88.8 Å². The first-order valence-electron chi connectivity index (χ1n) is 3.97. The smallest absolute Gasteiger partial charge is 0.152 e. The van der Waals surface area contributed by atoms with E-state index in [9.17, 15) is 8.42 Å². The second-order valence-corrected chi connectivity index (χ2v) is 6.81. The Morgan fingerprint density at radius 3 is 2.62 bits per heavy atom. The van der Waals surface area contributed by atoms with E-state index < -0.39 is 9.84 Å². The van der Waals surface area contributed by atoms with Crippen LogP contribution in [0.3, 0.4) is 0 Å². The van der Waals surface area contributed by atoms with Crippen molar-refractivity contribution in [3.63, 3.8) is 0 Å². The van der Waals surface area contributed by atoms with Crippen LogP contribution in [0, 0.1) is 0 Å². The molecule has 0 aliphatic carbocycles. The van der Waals surface area contributed by atoms with Crippen molar-refractivity contribution in [2.24, 2.45) is 0 Å². The first-order chi connectivity index (χ1) is 5.96. The summed E-state index contributed by atoms with van der Waals surface area (Å²) < 4.78 is 23.1. The zero-order chi connectivity index (χ0) is 10.1. The van der Waals surface area contributed by atoms with E-state index in [0.717, 1.165) is 4.32 Å². The molecule has 0 aromatic carbocycles. The number of hydrogen-bond donors (Lipinski definition) is 0. The molecule has 1 saturated heterocycles. The Morgan fingerprint density at radius 1 is 1.62 bits per heavy atom. The summed E-state index contributed by atoms with van der Waals surface area (Å²) in [7, 11) is -0.927. The summed E-state index contributed by atoms with van der Waals surface area (Å²) in [6.07, 6.45) is 2.61. The molecule has 0 aromatic rings. The highest BCUT2D eigenvalue weighted by Gasteiger charge is 2.31. The zero-order valence-corrected chi connectivity index (χ0v) is 10.1. The molecule has 0 N–H and O–H groups in total. The first-order valence-corrected chi connectivity index (χ1v) is 7.43. The molecule has 1 fully saturated rings. The highest BCUT2D eigenvalue weighted by atomic mass is 32.2. The fraction of sp³-hybridized carbons (Fsp3) is 0.857. The van der Waals surface area contributed by atoms with Crippen molar-refractivity contribution in [3.8, 4) is 0 Å². The molecule has 6 heteroatoms. The van der Waals surface area contributed by atoms with Crippen molar-refractivity contribution >= 4 is 38.1 Å². The van der Waals surface area contributed by atoms with Gasteiger partial charge < -0.3 is 4.90 Å². The summed E-state index contributed by atoms with van der Waals surface area (Å²) in [5.74, 6) is 0.559. The van der Waals surface area contributed by atoms with Crippen molar-refractivity contribution in [3.05, 3.63) is 0 Å². The van der Waals surface area contributed by atoms with Crippen LogP contribution in [-0.4, -0.2) is 48.5 Å². The van der Waals surface area contributed by atoms with Crippen molar-refractivity contribution in [1.29, 1.82) is 0 Å². The molecule has 0 spiro atoms. The average molecular weight is 239 g/mol. The van der Waals surface area contributed by atoms with Gasteiger partial charge in [-0.2, -0.15) is 0 Å². The number of sulfone groups is 1. The van der Waals surface area contributed by atoms with E-state index >= 15 is 0 Å². The van der Waals surface area contributed by atoms with E-state index in [1.807, 2.05) is 18.2 Å². The monoisotopic (exact) mass is 239 g/mol. The summed E-state index contributed by atoms with van der Waals surface area (Å²) in [5, 5.41) is 0. The topological polar surface area (TPSA) is 37.4 Å². The quantitative estimate of drug-likeness (QED) is 0.631. The van der Waals surface area contributed by atoms with Crippen LogP contribution in [0.25, 0.3) is 0 Å². The molecule has 0 aromatic heterocycles. The third kappa shape index (κ3) is 2.82. The van der Waals surface area contributed by atoms with Gasteiger partial charge in [-0.1, -0.05) is 12.2 Å². The van der Waals surface area contributed by atoms with Gasteiger partial charge in [0.2, 0.25) is 0 Å². The van der Waals surface area contributed by atoms with Crippen LogP contribution < -0.4 is 0 Å². The lowest BCUT2D eigenvalue weighted by atomic mass is 10.2. The predicted octanol–water partition coefficient (Wildman–Crippen LogP) is 0.753. The molecule has 1 aliphatic heterocycles. The standard InChI is InChI=1S/C7H13NO2S3/c1-8(7(11)12-2)6-3-4-13(9,10)5-6/h6H,3-5H2,1-2H3/t6-/m0/s1. The summed E-state index contributed by atoms with van der Waals surface area (Å²) in [6.45, 7) is 0. The van der Waals surface area contributed by atoms with Crippen LogP contribution in [0.15, 0.2) is 0 Å². The molecule has 0 bridgehead atoms. The van der Waals surface area contributed by atoms with Crippen molar-refractivity contribution in [2.45, 2.75) is 12.5 Å². The maximum absolute atomic E-state index is 11.2. The normalized spacial score (nSPS) is 25.8. The minimum Gasteiger partial charge on any atom is -0.357 e. The van der Waals surface area contributed by atoms with Gasteiger partial charge in [-0.25, -0.2) is 8.42 Å². The second-order valence-electron chi connectivity index (χ2n) is 3.14. The minimum absolute atomic E-state index is 0.0879. The van der Waals surface area contributed by atoms with Crippen molar-refractivity contribution in [2.75, 3.05) is 24.8 Å². The highest BCUT2D eigenvalue weighted by Crippen LogP contribution is 2.19. The van der Waals surface area contributed by atoms with Gasteiger partial charge in [-0.3, -0.25) is 0 Å². The minimum atomic E-state index is -2.79. The van der Waals surface area contributed by atoms with Gasteiger partial charge in [0.05, 0.1) is 11.5 Å². The summed E-state index contributed by atoms with van der Waals surface area (Å²) in [4.78, 5) is 1.89. The number of nitrogens with zero attached hydrogens (tertiary/aromatic N) is 1. The molecule has 1 atom stereocenters. The van der Waals surface area contributed by atoms with E-state index in [0.29, 0.717) is 12.2 Å². The number of hydrogen-bond acceptors (Lipinski definition) is 4. The van der Waals surface area contributed by atoms with E-state index in [1.165, 1.54) is 11.8 Å². The van der Waals surface area contributed by atoms with Crippen LogP contribution in [-0.2, 0) is 9.84 Å². The molecule has 0 amide bonds. The first kappa shape index (κ1) is 11.3. The highest BCUT2D eigenvalue weighted by molar-refractivity contribution is 8.22. The van der Waals surface area contributed by atoms with Gasteiger partial charge in [-0.15, -0.1) is 11.8 Å². The van der Waals surface area contributed by atoms with Crippen molar-refractivity contribution < 1.29 is 8.42 Å². The van der Waals surface area contributed by atoms with Gasteiger partial charge in [0.15, 0.2) is 9.84 Å². The molecule has 0 unspecified atom stereocenters. The average Bonchev–Trinajstić information content (AvgIpc) is 2.43. The third-order valence-electron chi connectivity index (χ3n) is 2.22. The Hall–Kier alpha value is 0.190. The van der Waals surface area contributed by atoms with Crippen LogP contribution in [0.2, 0.25) is 0 Å². The molecule has 1 heterocycles. The molecule has 13 heavy (non-hydrogen) atoms. The molecular weight excluding hydrogens is 226 g/mol. The number of thiocarbonyl (C=S) groups is 1. The maximum Gasteiger partial charge on any atom is 0.152 e. The lowest BCUT2D eigenvalue weighted by Gasteiger charge is -2.24. The molecule has 76 valence electrons. The Balaban J connectivity index is 2.61. The van der Waals surface area contributed by atoms with Crippen LogP contribution in [0.5, 0.6) is 0 Å². The van der Waals surface area contributed by atoms with E-state index in [4.69, 9.17) is 12.2 Å². The second kappa shape index (κ2) is 4.14. The zero-order valence-electron chi connectivity index (χ0n) is 7.69. The molecular formula is C7H13NO2S3. The fourth-order valence-corrected chi connectivity index (χ4v) is 3.73. The molecule has 1 rings (SSSR count). The Morgan fingerprint density at radius 2 is 2.23 bits per heavy atom. The molecule has 3 nitrogen and oxygen atoms in total. The van der Waals surface area contributed by atoms with Crippen molar-refractivity contribution in [1.82, 2.24) is 4.90 Å². The molecule has 0 radical (unpaired) electrons. The van der Waals surface area contributed by atoms with Gasteiger partial charge in [-0.05, 0) is 12.7 Å². The maximum atomic E-state index is 11.2. The lowest BCUT2D eigenvalue weighted by molar-refractivity contribution is 0.409. The van der Waals surface area contributed by atoms with Crippen LogP contribution in [0.1, 0.15) is 6.42 Å². The predicted molar refractivity (Wildman–Crippen MR) is 60.9 cm³/mol. The number of rotatable bonds is 1. The molecule has 1 aliphatic rings. The number of thioether (sulfide) groups is 1. The van der Waals surface area contributed by atoms with E-state index in [1.54, 1.807) is 0 Å². The lowest BCUT2D eigenvalue weighted by Crippen LogP contribution is -2.35. The SMILES string of the molecule is CSC(=S)N(C)[C@H]1CCS(=O)(=O)C1. The van der Waals surface area contributed by atoms with Crippen LogP contribution in [0.4, 0.5) is 0 Å². The van der Waals surface area contributed by atoms with Gasteiger partial charge in [0.25, 0.3) is 0 Å². The summed E-state index contributed by atoms with van der Waals surface area (Å²) >= 11 is 6.57. The van der Waals surface area contributed by atoms with Gasteiger partial charge in [0.1, 0.15) is 4.32 Å². The largest absolute Gasteiger partial charge is 0.357 e. The summed E-state index contributed by atoms with van der Waals surface area (Å²) in [5.41, 5.74) is 0. The van der Waals surface area contributed by atoms with Gasteiger partial charge >= 0.3 is 0 Å². The third-order valence-corrected chi connectivity index (χ3v) is 5.39. The van der Waals surface area contributed by atoms with E-state index in [-0.39, 0.29) is 11.8 Å². The Kier molecular flexibility index (Phi) is 3.59. The fourth-order valence-electron chi connectivity index (χ4n) is 1.37. The summed E-state index contributed by atoms with van der Waals surface area (Å²) in [6, 6.07) is 0.0879. The molecule has 0 saturated carbocycles. The van der Waals surface area contributed by atoms with Gasteiger partial charge in [0, 0.05) is 13.1 Å². The Bertz CT molecular complexity index is 299.